The number of rotatable bonds is 3. The van der Waals surface area contributed by atoms with Crippen LogP contribution in [0, 0.1) is 20.8 Å². The van der Waals surface area contributed by atoms with Crippen molar-refractivity contribution in [1.29, 1.82) is 0 Å². The highest BCUT2D eigenvalue weighted by Gasteiger charge is 2.16. The van der Waals surface area contributed by atoms with Gasteiger partial charge in [-0.05, 0) is 50.1 Å². The number of hydrogen-bond donors (Lipinski definition) is 1. The van der Waals surface area contributed by atoms with Crippen LogP contribution in [0.2, 0.25) is 0 Å². The second-order valence-electron chi connectivity index (χ2n) is 5.71. The SMILES string of the molecule is Cc1ccc(-c2nc3cccc(C)n3c2CC(N)=S)cc1C. The van der Waals surface area contributed by atoms with Gasteiger partial charge in [-0.25, -0.2) is 4.98 Å². The average Bonchev–Trinajstić information content (AvgIpc) is 2.81. The van der Waals surface area contributed by atoms with Crippen molar-refractivity contribution in [2.75, 3.05) is 0 Å². The first-order valence-electron chi connectivity index (χ1n) is 7.30. The predicted octanol–water partition coefficient (Wildman–Crippen LogP) is 3.76. The molecule has 0 aliphatic heterocycles. The van der Waals surface area contributed by atoms with E-state index in [9.17, 15) is 0 Å². The molecule has 1 aromatic carbocycles. The minimum atomic E-state index is 0.482. The Balaban J connectivity index is 2.30. The van der Waals surface area contributed by atoms with E-state index in [1.807, 2.05) is 12.1 Å². The van der Waals surface area contributed by atoms with Crippen molar-refractivity contribution in [2.24, 2.45) is 5.73 Å². The number of nitrogens with two attached hydrogens (primary N) is 1. The number of pyridine rings is 1. The molecular formula is C18H19N3S. The molecule has 2 aromatic heterocycles. The maximum atomic E-state index is 5.82. The van der Waals surface area contributed by atoms with Gasteiger partial charge in [-0.15, -0.1) is 0 Å². The Labute approximate surface area is 135 Å². The molecule has 3 rings (SSSR count). The van der Waals surface area contributed by atoms with Gasteiger partial charge in [-0.2, -0.15) is 0 Å². The molecule has 0 amide bonds. The molecule has 0 saturated heterocycles. The van der Waals surface area contributed by atoms with Crippen molar-refractivity contribution >= 4 is 22.9 Å². The van der Waals surface area contributed by atoms with Gasteiger partial charge in [0.05, 0.1) is 16.4 Å². The van der Waals surface area contributed by atoms with Crippen LogP contribution in [0.25, 0.3) is 16.9 Å². The van der Waals surface area contributed by atoms with Crippen molar-refractivity contribution in [3.05, 3.63) is 58.9 Å². The Morgan fingerprint density at radius 1 is 1.14 bits per heavy atom. The molecule has 0 radical (unpaired) electrons. The summed E-state index contributed by atoms with van der Waals surface area (Å²) in [6.45, 7) is 6.30. The van der Waals surface area contributed by atoms with E-state index >= 15 is 0 Å². The summed E-state index contributed by atoms with van der Waals surface area (Å²) in [5.74, 6) is 0. The van der Waals surface area contributed by atoms with Gasteiger partial charge in [0.25, 0.3) is 0 Å². The van der Waals surface area contributed by atoms with Crippen LogP contribution in [0.1, 0.15) is 22.5 Å². The summed E-state index contributed by atoms with van der Waals surface area (Å²) in [5, 5.41) is 0. The maximum Gasteiger partial charge on any atom is 0.137 e. The Morgan fingerprint density at radius 2 is 1.91 bits per heavy atom. The van der Waals surface area contributed by atoms with Crippen molar-refractivity contribution in [2.45, 2.75) is 27.2 Å². The largest absolute Gasteiger partial charge is 0.393 e. The molecule has 4 heteroatoms. The highest BCUT2D eigenvalue weighted by atomic mass is 32.1. The number of aromatic nitrogens is 2. The van der Waals surface area contributed by atoms with E-state index in [1.165, 1.54) is 11.1 Å². The Morgan fingerprint density at radius 3 is 2.59 bits per heavy atom. The average molecular weight is 309 g/mol. The number of fused-ring (bicyclic) bond motifs is 1. The first-order valence-corrected chi connectivity index (χ1v) is 7.71. The lowest BCUT2D eigenvalue weighted by molar-refractivity contribution is 1.02. The minimum Gasteiger partial charge on any atom is -0.393 e. The fraction of sp³-hybridized carbons (Fsp3) is 0.222. The van der Waals surface area contributed by atoms with Gasteiger partial charge in [-0.3, -0.25) is 0 Å². The fourth-order valence-corrected chi connectivity index (χ4v) is 2.91. The van der Waals surface area contributed by atoms with Crippen LogP contribution in [-0.4, -0.2) is 14.4 Å². The zero-order chi connectivity index (χ0) is 15.9. The quantitative estimate of drug-likeness (QED) is 0.749. The zero-order valence-electron chi connectivity index (χ0n) is 13.1. The Kier molecular flexibility index (Phi) is 3.71. The lowest BCUT2D eigenvalue weighted by Crippen LogP contribution is -2.13. The van der Waals surface area contributed by atoms with Crippen LogP contribution in [-0.2, 0) is 6.42 Å². The minimum absolute atomic E-state index is 0.482. The standard InChI is InChI=1S/C18H19N3S/c1-11-7-8-14(9-12(11)2)18-15(10-16(19)22)21-13(3)5-4-6-17(21)20-18/h4-9H,10H2,1-3H3,(H2,19,22). The summed E-state index contributed by atoms with van der Waals surface area (Å²) >= 11 is 5.14. The van der Waals surface area contributed by atoms with E-state index in [0.717, 1.165) is 28.3 Å². The molecule has 0 aliphatic rings. The number of thiocarbonyl (C=S) groups is 1. The molecule has 0 bridgehead atoms. The van der Waals surface area contributed by atoms with Crippen LogP contribution in [0.5, 0.6) is 0 Å². The molecule has 0 atom stereocenters. The van der Waals surface area contributed by atoms with E-state index in [2.05, 4.69) is 49.4 Å². The van der Waals surface area contributed by atoms with Crippen LogP contribution >= 0.6 is 12.2 Å². The molecule has 3 nitrogen and oxygen atoms in total. The molecule has 3 aromatic rings. The topological polar surface area (TPSA) is 43.3 Å². The number of nitrogens with zero attached hydrogens (tertiary/aromatic N) is 2. The third-order valence-corrected chi connectivity index (χ3v) is 4.20. The van der Waals surface area contributed by atoms with Gasteiger partial charge in [-0.1, -0.05) is 30.4 Å². The van der Waals surface area contributed by atoms with E-state index in [-0.39, 0.29) is 0 Å². The van der Waals surface area contributed by atoms with Crippen molar-refractivity contribution in [1.82, 2.24) is 9.38 Å². The Hall–Kier alpha value is -2.20. The first kappa shape index (κ1) is 14.7. The van der Waals surface area contributed by atoms with Crippen LogP contribution in [0.4, 0.5) is 0 Å². The van der Waals surface area contributed by atoms with E-state index in [4.69, 9.17) is 22.9 Å². The molecule has 2 heterocycles. The van der Waals surface area contributed by atoms with E-state index in [0.29, 0.717) is 11.4 Å². The summed E-state index contributed by atoms with van der Waals surface area (Å²) in [5.41, 5.74) is 13.5. The predicted molar refractivity (Wildman–Crippen MR) is 95.3 cm³/mol. The summed E-state index contributed by atoms with van der Waals surface area (Å²) in [4.78, 5) is 5.30. The number of hydrogen-bond acceptors (Lipinski definition) is 2. The Bertz CT molecular complexity index is 877. The fourth-order valence-electron chi connectivity index (χ4n) is 2.77. The molecule has 22 heavy (non-hydrogen) atoms. The van der Waals surface area contributed by atoms with Crippen molar-refractivity contribution < 1.29 is 0 Å². The van der Waals surface area contributed by atoms with Gasteiger partial charge < -0.3 is 10.1 Å². The monoisotopic (exact) mass is 309 g/mol. The van der Waals surface area contributed by atoms with Gasteiger partial charge in [0.2, 0.25) is 0 Å². The lowest BCUT2D eigenvalue weighted by atomic mass is 10.0. The first-order chi connectivity index (χ1) is 10.5. The maximum absolute atomic E-state index is 5.82. The number of aryl methyl sites for hydroxylation is 3. The smallest absolute Gasteiger partial charge is 0.137 e. The van der Waals surface area contributed by atoms with Crippen LogP contribution in [0.15, 0.2) is 36.4 Å². The van der Waals surface area contributed by atoms with Gasteiger partial charge in [0.15, 0.2) is 0 Å². The van der Waals surface area contributed by atoms with Crippen LogP contribution < -0.4 is 5.73 Å². The van der Waals surface area contributed by atoms with E-state index in [1.54, 1.807) is 0 Å². The lowest BCUT2D eigenvalue weighted by Gasteiger charge is -2.08. The van der Waals surface area contributed by atoms with Gasteiger partial charge in [0, 0.05) is 17.7 Å². The van der Waals surface area contributed by atoms with Crippen molar-refractivity contribution in [3.63, 3.8) is 0 Å². The summed E-state index contributed by atoms with van der Waals surface area (Å²) in [6, 6.07) is 12.5. The molecule has 0 spiro atoms. The molecular weight excluding hydrogens is 290 g/mol. The summed E-state index contributed by atoms with van der Waals surface area (Å²) in [7, 11) is 0. The second kappa shape index (κ2) is 5.54. The molecule has 0 aliphatic carbocycles. The highest BCUT2D eigenvalue weighted by Crippen LogP contribution is 2.27. The number of imidazole rings is 1. The molecule has 112 valence electrons. The zero-order valence-corrected chi connectivity index (χ0v) is 13.9. The highest BCUT2D eigenvalue weighted by molar-refractivity contribution is 7.80. The second-order valence-corrected chi connectivity index (χ2v) is 6.23. The van der Waals surface area contributed by atoms with Crippen molar-refractivity contribution in [3.8, 4) is 11.3 Å². The molecule has 0 fully saturated rings. The van der Waals surface area contributed by atoms with Crippen LogP contribution in [0.3, 0.4) is 0 Å². The molecule has 0 saturated carbocycles. The third-order valence-electron chi connectivity index (χ3n) is 4.06. The third kappa shape index (κ3) is 2.50. The summed E-state index contributed by atoms with van der Waals surface area (Å²) < 4.78 is 2.14. The van der Waals surface area contributed by atoms with Gasteiger partial charge in [0.1, 0.15) is 5.65 Å². The molecule has 0 unspecified atom stereocenters. The normalized spacial score (nSPS) is 11.0. The van der Waals surface area contributed by atoms with E-state index < -0.39 is 0 Å². The van der Waals surface area contributed by atoms with Gasteiger partial charge >= 0.3 is 0 Å². The molecule has 2 N–H and O–H groups in total. The summed E-state index contributed by atoms with van der Waals surface area (Å²) in [6.07, 6.45) is 0.545. The number of benzene rings is 1.